The molecule has 0 radical (unpaired) electrons. The van der Waals surface area contributed by atoms with Crippen molar-refractivity contribution in [1.82, 2.24) is 9.21 Å². The van der Waals surface area contributed by atoms with Crippen LogP contribution < -0.4 is 9.62 Å². The van der Waals surface area contributed by atoms with Crippen molar-refractivity contribution in [1.29, 1.82) is 0 Å². The Morgan fingerprint density at radius 3 is 2.23 bits per heavy atom. The van der Waals surface area contributed by atoms with Gasteiger partial charge in [0.25, 0.3) is 0 Å². The molecule has 8 nitrogen and oxygen atoms in total. The van der Waals surface area contributed by atoms with Gasteiger partial charge in [0, 0.05) is 40.3 Å². The van der Waals surface area contributed by atoms with Gasteiger partial charge in [-0.2, -0.15) is 12.7 Å². The summed E-state index contributed by atoms with van der Waals surface area (Å²) in [4.78, 5) is 15.9. The van der Waals surface area contributed by atoms with Crippen LogP contribution in [0.25, 0.3) is 0 Å². The normalized spacial score (nSPS) is 15.9. The van der Waals surface area contributed by atoms with Gasteiger partial charge in [0.15, 0.2) is 0 Å². The Balaban J connectivity index is 2.07. The second kappa shape index (κ2) is 7.71. The van der Waals surface area contributed by atoms with Gasteiger partial charge in [0.05, 0.1) is 11.4 Å². The highest BCUT2D eigenvalue weighted by Gasteiger charge is 2.27. The standard InChI is InChI=1S/C17H28N4O4S/c1-17(2,3)25-16(22)21-12-10-20(11-13-21)15-9-7-6-8-14(15)18-26(23,24)19(4)5/h6-9,18H,10-13H2,1-5H3. The van der Waals surface area contributed by atoms with Crippen LogP contribution in [0.4, 0.5) is 16.2 Å². The summed E-state index contributed by atoms with van der Waals surface area (Å²) < 4.78 is 33.4. The van der Waals surface area contributed by atoms with Crippen molar-refractivity contribution in [3.63, 3.8) is 0 Å². The highest BCUT2D eigenvalue weighted by atomic mass is 32.2. The molecule has 26 heavy (non-hydrogen) atoms. The van der Waals surface area contributed by atoms with E-state index in [2.05, 4.69) is 9.62 Å². The molecule has 0 aromatic heterocycles. The van der Waals surface area contributed by atoms with Gasteiger partial charge >= 0.3 is 16.3 Å². The van der Waals surface area contributed by atoms with Gasteiger partial charge in [-0.1, -0.05) is 12.1 Å². The lowest BCUT2D eigenvalue weighted by molar-refractivity contribution is 0.0240. The summed E-state index contributed by atoms with van der Waals surface area (Å²) >= 11 is 0. The maximum absolute atomic E-state index is 12.2. The Labute approximate surface area is 155 Å². The second-order valence-corrected chi connectivity index (χ2v) is 9.25. The minimum absolute atomic E-state index is 0.321. The van der Waals surface area contributed by atoms with Crippen LogP contribution in [0, 0.1) is 0 Å². The Hall–Kier alpha value is -2.00. The predicted octanol–water partition coefficient (Wildman–Crippen LogP) is 1.96. The van der Waals surface area contributed by atoms with Crippen LogP contribution >= 0.6 is 0 Å². The molecule has 0 aliphatic carbocycles. The van der Waals surface area contributed by atoms with Gasteiger partial charge in [-0.25, -0.2) is 4.79 Å². The lowest BCUT2D eigenvalue weighted by Crippen LogP contribution is -2.50. The first kappa shape index (κ1) is 20.3. The third-order valence-electron chi connectivity index (χ3n) is 3.90. The molecule has 1 aliphatic heterocycles. The van der Waals surface area contributed by atoms with Gasteiger partial charge in [-0.3, -0.25) is 4.72 Å². The van der Waals surface area contributed by atoms with Gasteiger partial charge in [-0.05, 0) is 32.9 Å². The van der Waals surface area contributed by atoms with Crippen molar-refractivity contribution in [3.8, 4) is 0 Å². The summed E-state index contributed by atoms with van der Waals surface area (Å²) in [6.45, 7) is 7.75. The Kier molecular flexibility index (Phi) is 6.02. The number of para-hydroxylation sites is 2. The molecular formula is C17H28N4O4S. The summed E-state index contributed by atoms with van der Waals surface area (Å²) in [5.41, 5.74) is 0.791. The van der Waals surface area contributed by atoms with Crippen molar-refractivity contribution < 1.29 is 17.9 Å². The van der Waals surface area contributed by atoms with E-state index in [1.54, 1.807) is 17.0 Å². The van der Waals surface area contributed by atoms with Gasteiger partial charge in [0.2, 0.25) is 0 Å². The number of benzene rings is 1. The van der Waals surface area contributed by atoms with Gasteiger partial charge < -0.3 is 14.5 Å². The molecule has 146 valence electrons. The molecule has 2 rings (SSSR count). The number of hydrogen-bond donors (Lipinski definition) is 1. The van der Waals surface area contributed by atoms with E-state index < -0.39 is 15.8 Å². The van der Waals surface area contributed by atoms with Crippen molar-refractivity contribution in [3.05, 3.63) is 24.3 Å². The Morgan fingerprint density at radius 2 is 1.69 bits per heavy atom. The third-order valence-corrected chi connectivity index (χ3v) is 5.34. The molecule has 1 aliphatic rings. The second-order valence-electron chi connectivity index (χ2n) is 7.36. The van der Waals surface area contributed by atoms with E-state index in [1.807, 2.05) is 32.9 Å². The van der Waals surface area contributed by atoms with E-state index in [9.17, 15) is 13.2 Å². The van der Waals surface area contributed by atoms with Crippen LogP contribution in [0.2, 0.25) is 0 Å². The molecule has 1 heterocycles. The maximum atomic E-state index is 12.2. The number of carbonyl (C=O) groups excluding carboxylic acids is 1. The van der Waals surface area contributed by atoms with E-state index in [-0.39, 0.29) is 6.09 Å². The molecule has 0 saturated carbocycles. The smallest absolute Gasteiger partial charge is 0.410 e. The van der Waals surface area contributed by atoms with E-state index >= 15 is 0 Å². The van der Waals surface area contributed by atoms with Crippen LogP contribution in [0.15, 0.2) is 24.3 Å². The van der Waals surface area contributed by atoms with Crippen LogP contribution in [0.1, 0.15) is 20.8 Å². The molecule has 1 saturated heterocycles. The quantitative estimate of drug-likeness (QED) is 0.858. The van der Waals surface area contributed by atoms with Crippen LogP contribution in [0.5, 0.6) is 0 Å². The average Bonchev–Trinajstić information content (AvgIpc) is 2.53. The third kappa shape index (κ3) is 5.25. The summed E-state index contributed by atoms with van der Waals surface area (Å²) in [6.07, 6.45) is -0.321. The van der Waals surface area contributed by atoms with Crippen LogP contribution in [0.3, 0.4) is 0 Å². The minimum Gasteiger partial charge on any atom is -0.444 e. The van der Waals surface area contributed by atoms with Crippen molar-refractivity contribution in [2.24, 2.45) is 0 Å². The monoisotopic (exact) mass is 384 g/mol. The zero-order valence-electron chi connectivity index (χ0n) is 16.0. The fourth-order valence-electron chi connectivity index (χ4n) is 2.52. The molecule has 0 unspecified atom stereocenters. The number of hydrogen-bond acceptors (Lipinski definition) is 5. The van der Waals surface area contributed by atoms with Gasteiger partial charge in [0.1, 0.15) is 5.60 Å². The molecule has 1 amide bonds. The first-order valence-corrected chi connectivity index (χ1v) is 9.96. The molecular weight excluding hydrogens is 356 g/mol. The number of rotatable bonds is 4. The van der Waals surface area contributed by atoms with Gasteiger partial charge in [-0.15, -0.1) is 0 Å². The van der Waals surface area contributed by atoms with E-state index in [0.717, 1.165) is 9.99 Å². The molecule has 1 aromatic carbocycles. The summed E-state index contributed by atoms with van der Waals surface area (Å²) in [5.74, 6) is 0. The molecule has 1 fully saturated rings. The first-order chi connectivity index (χ1) is 12.0. The average molecular weight is 385 g/mol. The molecule has 0 spiro atoms. The topological polar surface area (TPSA) is 82.2 Å². The number of anilines is 2. The van der Waals surface area contributed by atoms with Crippen molar-refractivity contribution in [2.45, 2.75) is 26.4 Å². The van der Waals surface area contributed by atoms with Crippen molar-refractivity contribution in [2.75, 3.05) is 49.9 Å². The number of nitrogens with one attached hydrogen (secondary N) is 1. The SMILES string of the molecule is CN(C)S(=O)(=O)Nc1ccccc1N1CCN(C(=O)OC(C)(C)C)CC1. The number of amides is 1. The molecule has 9 heteroatoms. The highest BCUT2D eigenvalue weighted by Crippen LogP contribution is 2.28. The van der Waals surface area contributed by atoms with E-state index in [4.69, 9.17) is 4.74 Å². The van der Waals surface area contributed by atoms with Crippen LogP contribution in [-0.2, 0) is 14.9 Å². The maximum Gasteiger partial charge on any atom is 0.410 e. The summed E-state index contributed by atoms with van der Waals surface area (Å²) in [6, 6.07) is 7.25. The van der Waals surface area contributed by atoms with E-state index in [0.29, 0.717) is 31.9 Å². The first-order valence-electron chi connectivity index (χ1n) is 8.52. The largest absolute Gasteiger partial charge is 0.444 e. The number of piperazine rings is 1. The zero-order chi connectivity index (χ0) is 19.5. The predicted molar refractivity (Wildman–Crippen MR) is 103 cm³/mol. The Bertz CT molecular complexity index is 735. The van der Waals surface area contributed by atoms with Crippen LogP contribution in [-0.4, -0.2) is 69.6 Å². The fourth-order valence-corrected chi connectivity index (χ4v) is 3.16. The lowest BCUT2D eigenvalue weighted by atomic mass is 10.2. The highest BCUT2D eigenvalue weighted by molar-refractivity contribution is 7.90. The number of carbonyl (C=O) groups is 1. The lowest BCUT2D eigenvalue weighted by Gasteiger charge is -2.37. The Morgan fingerprint density at radius 1 is 1.12 bits per heavy atom. The van der Waals surface area contributed by atoms with E-state index in [1.165, 1.54) is 14.1 Å². The molecule has 0 bridgehead atoms. The minimum atomic E-state index is -3.58. The molecule has 1 N–H and O–H groups in total. The summed E-state index contributed by atoms with van der Waals surface area (Å²) in [5, 5.41) is 0. The zero-order valence-corrected chi connectivity index (χ0v) is 16.8. The summed E-state index contributed by atoms with van der Waals surface area (Å²) in [7, 11) is -0.631. The number of nitrogens with zero attached hydrogens (tertiary/aromatic N) is 3. The van der Waals surface area contributed by atoms with Crippen molar-refractivity contribution >= 4 is 27.7 Å². The number of ether oxygens (including phenoxy) is 1. The fraction of sp³-hybridized carbons (Fsp3) is 0.588. The molecule has 1 aromatic rings. The molecule has 0 atom stereocenters.